The minimum absolute atomic E-state index is 0.131. The van der Waals surface area contributed by atoms with E-state index in [1.807, 2.05) is 18.7 Å². The van der Waals surface area contributed by atoms with Gasteiger partial charge in [-0.25, -0.2) is 0 Å². The van der Waals surface area contributed by atoms with Crippen LogP contribution >= 0.6 is 0 Å². The van der Waals surface area contributed by atoms with Crippen molar-refractivity contribution in [3.8, 4) is 0 Å². The zero-order valence-corrected chi connectivity index (χ0v) is 12.8. The van der Waals surface area contributed by atoms with E-state index in [1.54, 1.807) is 0 Å². The number of carbonyl (C=O) groups is 1. The maximum absolute atomic E-state index is 11.9. The maximum Gasteiger partial charge on any atom is 0.220 e. The van der Waals surface area contributed by atoms with Crippen LogP contribution in [0.2, 0.25) is 0 Å². The van der Waals surface area contributed by atoms with Crippen molar-refractivity contribution in [2.24, 2.45) is 18.7 Å². The van der Waals surface area contributed by atoms with Gasteiger partial charge in [-0.2, -0.15) is 5.10 Å². The highest BCUT2D eigenvalue weighted by Gasteiger charge is 2.25. The van der Waals surface area contributed by atoms with Gasteiger partial charge in [0.1, 0.15) is 0 Å². The molecule has 0 aromatic carbocycles. The first-order valence-corrected chi connectivity index (χ1v) is 7.50. The third kappa shape index (κ3) is 3.39. The molecule has 112 valence electrons. The van der Waals surface area contributed by atoms with Gasteiger partial charge >= 0.3 is 0 Å². The minimum Gasteiger partial charge on any atom is -0.356 e. The van der Waals surface area contributed by atoms with Crippen molar-refractivity contribution < 1.29 is 4.79 Å². The van der Waals surface area contributed by atoms with E-state index in [0.717, 1.165) is 31.4 Å². The van der Waals surface area contributed by atoms with Crippen LogP contribution in [-0.2, 0) is 18.3 Å². The molecule has 20 heavy (non-hydrogen) atoms. The first kappa shape index (κ1) is 15.0. The predicted octanol–water partition coefficient (Wildman–Crippen LogP) is 1.21. The van der Waals surface area contributed by atoms with Gasteiger partial charge in [-0.3, -0.25) is 9.48 Å². The summed E-state index contributed by atoms with van der Waals surface area (Å²) in [6.45, 7) is 4.75. The number of nitrogens with one attached hydrogen (secondary N) is 1. The van der Waals surface area contributed by atoms with E-state index in [1.165, 1.54) is 11.3 Å². The van der Waals surface area contributed by atoms with Crippen molar-refractivity contribution in [3.05, 3.63) is 17.0 Å². The number of carbonyl (C=O) groups excluding carboxylic acids is 1. The number of nitrogens with zero attached hydrogens (tertiary/aromatic N) is 2. The molecule has 1 heterocycles. The molecule has 0 unspecified atom stereocenters. The number of nitrogens with two attached hydrogens (primary N) is 1. The molecule has 1 aromatic heterocycles. The summed E-state index contributed by atoms with van der Waals surface area (Å²) in [6.07, 6.45) is 4.73. The summed E-state index contributed by atoms with van der Waals surface area (Å²) in [6, 6.07) is 0.212. The second-order valence-electron chi connectivity index (χ2n) is 5.93. The van der Waals surface area contributed by atoms with Crippen molar-refractivity contribution in [3.63, 3.8) is 0 Å². The summed E-state index contributed by atoms with van der Waals surface area (Å²) >= 11 is 0. The molecule has 1 aromatic rings. The van der Waals surface area contributed by atoms with E-state index in [-0.39, 0.29) is 11.9 Å². The van der Waals surface area contributed by atoms with Crippen LogP contribution in [-0.4, -0.2) is 28.3 Å². The normalized spacial score (nSPS) is 22.2. The van der Waals surface area contributed by atoms with Crippen LogP contribution in [0.3, 0.4) is 0 Å². The molecule has 1 aliphatic carbocycles. The summed E-state index contributed by atoms with van der Waals surface area (Å²) in [4.78, 5) is 11.9. The largest absolute Gasteiger partial charge is 0.356 e. The lowest BCUT2D eigenvalue weighted by Gasteiger charge is -2.14. The Morgan fingerprint density at radius 3 is 2.75 bits per heavy atom. The minimum atomic E-state index is 0.131. The molecule has 5 heteroatoms. The zero-order chi connectivity index (χ0) is 14.7. The van der Waals surface area contributed by atoms with E-state index < -0.39 is 0 Å². The van der Waals surface area contributed by atoms with Gasteiger partial charge in [-0.15, -0.1) is 0 Å². The van der Waals surface area contributed by atoms with E-state index in [4.69, 9.17) is 5.73 Å². The fraction of sp³-hybridized carbons (Fsp3) is 0.733. The summed E-state index contributed by atoms with van der Waals surface area (Å²) in [5, 5.41) is 7.40. The van der Waals surface area contributed by atoms with Gasteiger partial charge in [0, 0.05) is 31.7 Å². The molecular formula is C15H26N4O. The molecule has 0 aliphatic heterocycles. The van der Waals surface area contributed by atoms with Gasteiger partial charge in [0.25, 0.3) is 0 Å². The smallest absolute Gasteiger partial charge is 0.220 e. The van der Waals surface area contributed by atoms with Crippen molar-refractivity contribution in [2.75, 3.05) is 6.54 Å². The molecular weight excluding hydrogens is 252 g/mol. The molecule has 2 rings (SSSR count). The first-order valence-electron chi connectivity index (χ1n) is 7.50. The number of hydrogen-bond acceptors (Lipinski definition) is 3. The Hall–Kier alpha value is -1.36. The third-order valence-electron chi connectivity index (χ3n) is 4.52. The maximum atomic E-state index is 11.9. The van der Waals surface area contributed by atoms with Gasteiger partial charge in [-0.05, 0) is 44.6 Å². The van der Waals surface area contributed by atoms with Gasteiger partial charge in [0.15, 0.2) is 0 Å². The Kier molecular flexibility index (Phi) is 4.81. The van der Waals surface area contributed by atoms with Gasteiger partial charge in [-0.1, -0.05) is 6.42 Å². The topological polar surface area (TPSA) is 72.9 Å². The molecule has 1 saturated carbocycles. The lowest BCUT2D eigenvalue weighted by Crippen LogP contribution is -2.32. The molecule has 1 fully saturated rings. The van der Waals surface area contributed by atoms with E-state index >= 15 is 0 Å². The lowest BCUT2D eigenvalue weighted by molar-refractivity contribution is -0.122. The Morgan fingerprint density at radius 2 is 2.20 bits per heavy atom. The molecule has 0 bridgehead atoms. The molecule has 0 saturated heterocycles. The van der Waals surface area contributed by atoms with E-state index in [0.29, 0.717) is 18.9 Å². The van der Waals surface area contributed by atoms with Gasteiger partial charge in [0.05, 0.1) is 5.69 Å². The Labute approximate surface area is 120 Å². The Bertz CT molecular complexity index is 480. The molecule has 5 nitrogen and oxygen atoms in total. The molecule has 1 aliphatic rings. The standard InChI is InChI=1S/C15H26N4O/c1-10-13(11(2)19(3)18-10)7-8-17-15(20)9-12-5-4-6-14(12)16/h12,14H,4-9,16H2,1-3H3,(H,17,20)/t12-,14+/m0/s1. The average molecular weight is 278 g/mol. The second kappa shape index (κ2) is 6.39. The number of aryl methyl sites for hydroxylation is 2. The van der Waals surface area contributed by atoms with Crippen LogP contribution in [0.4, 0.5) is 0 Å². The first-order chi connectivity index (χ1) is 9.49. The third-order valence-corrected chi connectivity index (χ3v) is 4.52. The predicted molar refractivity (Wildman–Crippen MR) is 79.3 cm³/mol. The number of aromatic nitrogens is 2. The van der Waals surface area contributed by atoms with Crippen molar-refractivity contribution in [2.45, 2.75) is 52.0 Å². The highest BCUT2D eigenvalue weighted by atomic mass is 16.1. The highest BCUT2D eigenvalue weighted by molar-refractivity contribution is 5.76. The van der Waals surface area contributed by atoms with Gasteiger partial charge < -0.3 is 11.1 Å². The fourth-order valence-electron chi connectivity index (χ4n) is 3.14. The van der Waals surface area contributed by atoms with E-state index in [2.05, 4.69) is 17.3 Å². The van der Waals surface area contributed by atoms with Crippen LogP contribution in [0, 0.1) is 19.8 Å². The lowest BCUT2D eigenvalue weighted by atomic mass is 10.00. The monoisotopic (exact) mass is 278 g/mol. The Morgan fingerprint density at radius 1 is 1.45 bits per heavy atom. The molecule has 1 amide bonds. The van der Waals surface area contributed by atoms with Gasteiger partial charge in [0.2, 0.25) is 5.91 Å². The highest BCUT2D eigenvalue weighted by Crippen LogP contribution is 2.26. The molecule has 0 spiro atoms. The van der Waals surface area contributed by atoms with Crippen LogP contribution in [0.25, 0.3) is 0 Å². The average Bonchev–Trinajstić information content (AvgIpc) is 2.88. The van der Waals surface area contributed by atoms with Crippen LogP contribution < -0.4 is 11.1 Å². The Balaban J connectivity index is 1.76. The van der Waals surface area contributed by atoms with Crippen molar-refractivity contribution in [1.29, 1.82) is 0 Å². The van der Waals surface area contributed by atoms with Crippen LogP contribution in [0.5, 0.6) is 0 Å². The summed E-state index contributed by atoms with van der Waals surface area (Å²) in [5.74, 6) is 0.503. The summed E-state index contributed by atoms with van der Waals surface area (Å²) in [5.41, 5.74) is 9.47. The van der Waals surface area contributed by atoms with Crippen molar-refractivity contribution in [1.82, 2.24) is 15.1 Å². The van der Waals surface area contributed by atoms with Crippen LogP contribution in [0.15, 0.2) is 0 Å². The SMILES string of the molecule is Cc1nn(C)c(C)c1CCNC(=O)C[C@@H]1CCC[C@H]1N. The van der Waals surface area contributed by atoms with Crippen LogP contribution in [0.1, 0.15) is 42.6 Å². The molecule has 3 N–H and O–H groups in total. The number of hydrogen-bond donors (Lipinski definition) is 2. The summed E-state index contributed by atoms with van der Waals surface area (Å²) < 4.78 is 1.89. The quantitative estimate of drug-likeness (QED) is 0.850. The second-order valence-corrected chi connectivity index (χ2v) is 5.93. The molecule has 2 atom stereocenters. The number of rotatable bonds is 5. The fourth-order valence-corrected chi connectivity index (χ4v) is 3.14. The van der Waals surface area contributed by atoms with Crippen molar-refractivity contribution >= 4 is 5.91 Å². The van der Waals surface area contributed by atoms with E-state index in [9.17, 15) is 4.79 Å². The zero-order valence-electron chi connectivity index (χ0n) is 12.8. The molecule has 0 radical (unpaired) electrons. The summed E-state index contributed by atoms with van der Waals surface area (Å²) in [7, 11) is 1.95. The number of amides is 1.